The Morgan fingerprint density at radius 3 is 2.45 bits per heavy atom. The Morgan fingerprint density at radius 1 is 1.64 bits per heavy atom. The molecular formula is C7H15NO3. The normalized spacial score (nSPS) is 15.9. The number of aliphatic hydroxyl groups is 1. The summed E-state index contributed by atoms with van der Waals surface area (Å²) in [5.74, 6) is -1.23. The largest absolute Gasteiger partial charge is 0.479 e. The first kappa shape index (κ1) is 10.4. The summed E-state index contributed by atoms with van der Waals surface area (Å²) in [6, 6.07) is 0. The van der Waals surface area contributed by atoms with E-state index in [0.717, 1.165) is 6.42 Å². The zero-order valence-corrected chi connectivity index (χ0v) is 6.71. The predicted octanol–water partition coefficient (Wildman–Crippen LogP) is -0.0490. The van der Waals surface area contributed by atoms with Crippen molar-refractivity contribution >= 4 is 5.97 Å². The number of carboxylic acid groups (broad SMARTS) is 1. The molecule has 0 aromatic carbocycles. The first-order valence-corrected chi connectivity index (χ1v) is 3.72. The van der Waals surface area contributed by atoms with Gasteiger partial charge >= 0.3 is 5.97 Å². The molecule has 66 valence electrons. The van der Waals surface area contributed by atoms with E-state index >= 15 is 0 Å². The molecule has 0 aliphatic rings. The highest BCUT2D eigenvalue weighted by Gasteiger charge is 2.33. The van der Waals surface area contributed by atoms with Crippen LogP contribution in [-0.4, -0.2) is 28.3 Å². The van der Waals surface area contributed by atoms with Gasteiger partial charge in [-0.3, -0.25) is 0 Å². The minimum atomic E-state index is -1.71. The zero-order chi connectivity index (χ0) is 8.91. The second kappa shape index (κ2) is 4.31. The average Bonchev–Trinajstić information content (AvgIpc) is 2.00. The Labute approximate surface area is 66.0 Å². The van der Waals surface area contributed by atoms with E-state index < -0.39 is 11.6 Å². The van der Waals surface area contributed by atoms with Crippen molar-refractivity contribution in [3.05, 3.63) is 0 Å². The van der Waals surface area contributed by atoms with Crippen molar-refractivity contribution in [2.24, 2.45) is 5.73 Å². The van der Waals surface area contributed by atoms with E-state index in [9.17, 15) is 9.90 Å². The first-order chi connectivity index (χ1) is 5.06. The topological polar surface area (TPSA) is 83.5 Å². The monoisotopic (exact) mass is 161 g/mol. The summed E-state index contributed by atoms with van der Waals surface area (Å²) in [6.07, 6.45) is 1.77. The Kier molecular flexibility index (Phi) is 4.07. The zero-order valence-electron chi connectivity index (χ0n) is 6.71. The van der Waals surface area contributed by atoms with Gasteiger partial charge in [0.25, 0.3) is 0 Å². The number of carbonyl (C=O) groups is 1. The molecule has 1 unspecified atom stereocenters. The summed E-state index contributed by atoms with van der Waals surface area (Å²) >= 11 is 0. The average molecular weight is 161 g/mol. The summed E-state index contributed by atoms with van der Waals surface area (Å²) < 4.78 is 0. The number of hydrogen-bond acceptors (Lipinski definition) is 3. The quantitative estimate of drug-likeness (QED) is 0.528. The molecule has 0 aliphatic heterocycles. The van der Waals surface area contributed by atoms with Gasteiger partial charge in [-0.2, -0.15) is 0 Å². The van der Waals surface area contributed by atoms with Crippen LogP contribution in [0.4, 0.5) is 0 Å². The Hall–Kier alpha value is -0.610. The lowest BCUT2D eigenvalue weighted by molar-refractivity contribution is -0.158. The second-order valence-electron chi connectivity index (χ2n) is 2.64. The number of rotatable bonds is 5. The first-order valence-electron chi connectivity index (χ1n) is 3.72. The summed E-state index contributed by atoms with van der Waals surface area (Å²) in [6.45, 7) is 1.71. The molecule has 1 atom stereocenters. The number of nitrogens with two attached hydrogens (primary N) is 1. The van der Waals surface area contributed by atoms with Crippen molar-refractivity contribution in [3.8, 4) is 0 Å². The van der Waals surface area contributed by atoms with E-state index in [-0.39, 0.29) is 13.0 Å². The molecule has 0 amide bonds. The van der Waals surface area contributed by atoms with Gasteiger partial charge in [-0.15, -0.1) is 0 Å². The van der Waals surface area contributed by atoms with Crippen molar-refractivity contribution < 1.29 is 15.0 Å². The molecule has 0 aromatic rings. The molecule has 4 nitrogen and oxygen atoms in total. The number of aliphatic carboxylic acids is 1. The minimum Gasteiger partial charge on any atom is -0.479 e. The van der Waals surface area contributed by atoms with Crippen LogP contribution < -0.4 is 5.73 Å². The summed E-state index contributed by atoms with van der Waals surface area (Å²) in [4.78, 5) is 10.4. The fourth-order valence-corrected chi connectivity index (χ4v) is 0.766. The molecule has 0 bridgehead atoms. The highest BCUT2D eigenvalue weighted by Crippen LogP contribution is 2.12. The lowest BCUT2D eigenvalue weighted by Crippen LogP contribution is -2.45. The van der Waals surface area contributed by atoms with Crippen LogP contribution >= 0.6 is 0 Å². The maximum Gasteiger partial charge on any atom is 0.337 e. The van der Waals surface area contributed by atoms with Crippen LogP contribution in [0.1, 0.15) is 26.2 Å². The fourth-order valence-electron chi connectivity index (χ4n) is 0.766. The maximum absolute atomic E-state index is 10.4. The molecule has 4 heteroatoms. The van der Waals surface area contributed by atoms with E-state index in [1.165, 1.54) is 0 Å². The van der Waals surface area contributed by atoms with E-state index in [0.29, 0.717) is 6.42 Å². The Balaban J connectivity index is 3.99. The molecule has 0 saturated carbocycles. The third kappa shape index (κ3) is 2.86. The van der Waals surface area contributed by atoms with Crippen LogP contribution in [0.15, 0.2) is 0 Å². The van der Waals surface area contributed by atoms with Gasteiger partial charge in [0.15, 0.2) is 5.60 Å². The van der Waals surface area contributed by atoms with Crippen LogP contribution in [0, 0.1) is 0 Å². The minimum absolute atomic E-state index is 0.220. The highest BCUT2D eigenvalue weighted by molar-refractivity contribution is 5.77. The van der Waals surface area contributed by atoms with Crippen LogP contribution in [0.25, 0.3) is 0 Å². The van der Waals surface area contributed by atoms with E-state index in [1.807, 2.05) is 6.92 Å². The predicted molar refractivity (Wildman–Crippen MR) is 41.2 cm³/mol. The van der Waals surface area contributed by atoms with Gasteiger partial charge in [0, 0.05) is 6.54 Å². The molecule has 0 heterocycles. The van der Waals surface area contributed by atoms with E-state index in [4.69, 9.17) is 10.8 Å². The molecule has 0 aliphatic carbocycles. The summed E-state index contributed by atoms with van der Waals surface area (Å²) in [5, 5.41) is 17.8. The van der Waals surface area contributed by atoms with Crippen LogP contribution in [0.2, 0.25) is 0 Å². The van der Waals surface area contributed by atoms with Gasteiger partial charge in [0.05, 0.1) is 0 Å². The SMILES string of the molecule is CCCCC(O)(CN)C(=O)O. The van der Waals surface area contributed by atoms with Crippen molar-refractivity contribution in [3.63, 3.8) is 0 Å². The van der Waals surface area contributed by atoms with Gasteiger partial charge in [-0.05, 0) is 6.42 Å². The molecule has 0 saturated heterocycles. The molecule has 0 fully saturated rings. The summed E-state index contributed by atoms with van der Waals surface area (Å²) in [7, 11) is 0. The second-order valence-corrected chi connectivity index (χ2v) is 2.64. The molecule has 0 rings (SSSR count). The lowest BCUT2D eigenvalue weighted by Gasteiger charge is -2.20. The maximum atomic E-state index is 10.4. The highest BCUT2D eigenvalue weighted by atomic mass is 16.4. The van der Waals surface area contributed by atoms with Crippen LogP contribution in [-0.2, 0) is 4.79 Å². The third-order valence-corrected chi connectivity index (χ3v) is 1.68. The van der Waals surface area contributed by atoms with Gasteiger partial charge in [-0.1, -0.05) is 19.8 Å². The van der Waals surface area contributed by atoms with Crippen molar-refractivity contribution in [2.45, 2.75) is 31.8 Å². The standard InChI is InChI=1S/C7H15NO3/c1-2-3-4-7(11,5-8)6(9)10/h11H,2-5,8H2,1H3,(H,9,10). The lowest BCUT2D eigenvalue weighted by atomic mass is 9.97. The smallest absolute Gasteiger partial charge is 0.337 e. The van der Waals surface area contributed by atoms with Crippen molar-refractivity contribution in [2.75, 3.05) is 6.54 Å². The van der Waals surface area contributed by atoms with E-state index in [1.54, 1.807) is 0 Å². The Bertz CT molecular complexity index is 138. The molecule has 0 radical (unpaired) electrons. The Morgan fingerprint density at radius 2 is 2.18 bits per heavy atom. The molecule has 4 N–H and O–H groups in total. The van der Waals surface area contributed by atoms with Crippen molar-refractivity contribution in [1.82, 2.24) is 0 Å². The van der Waals surface area contributed by atoms with Crippen molar-refractivity contribution in [1.29, 1.82) is 0 Å². The van der Waals surface area contributed by atoms with Gasteiger partial charge in [0.2, 0.25) is 0 Å². The van der Waals surface area contributed by atoms with E-state index in [2.05, 4.69) is 0 Å². The fraction of sp³-hybridized carbons (Fsp3) is 0.857. The third-order valence-electron chi connectivity index (χ3n) is 1.68. The molecule has 0 aromatic heterocycles. The molecule has 11 heavy (non-hydrogen) atoms. The molecular weight excluding hydrogens is 146 g/mol. The van der Waals surface area contributed by atoms with Gasteiger partial charge in [0.1, 0.15) is 0 Å². The van der Waals surface area contributed by atoms with Gasteiger partial charge in [-0.25, -0.2) is 4.79 Å². The number of unbranched alkanes of at least 4 members (excludes halogenated alkanes) is 1. The van der Waals surface area contributed by atoms with Crippen LogP contribution in [0.3, 0.4) is 0 Å². The number of hydrogen-bond donors (Lipinski definition) is 3. The van der Waals surface area contributed by atoms with Gasteiger partial charge < -0.3 is 15.9 Å². The summed E-state index contributed by atoms with van der Waals surface area (Å²) in [5.41, 5.74) is 3.41. The molecule has 0 spiro atoms. The van der Waals surface area contributed by atoms with Crippen LogP contribution in [0.5, 0.6) is 0 Å². The number of carboxylic acids is 1.